The third-order valence-corrected chi connectivity index (χ3v) is 5.89. The van der Waals surface area contributed by atoms with Gasteiger partial charge < -0.3 is 4.74 Å². The lowest BCUT2D eigenvalue weighted by molar-refractivity contribution is -0.140. The van der Waals surface area contributed by atoms with Gasteiger partial charge in [-0.15, -0.1) is 0 Å². The smallest absolute Gasteiger partial charge is 0.327 e. The van der Waals surface area contributed by atoms with Gasteiger partial charge in [0.05, 0.1) is 0 Å². The Labute approximate surface area is 157 Å². The molecule has 0 aliphatic carbocycles. The Balaban J connectivity index is 2.42. The molecule has 0 fully saturated rings. The van der Waals surface area contributed by atoms with Gasteiger partial charge in [0.15, 0.2) is 0 Å². The van der Waals surface area contributed by atoms with Gasteiger partial charge in [-0.2, -0.15) is 0 Å². The molecular formula is C24H30O2. The molecule has 1 atom stereocenters. The summed E-state index contributed by atoms with van der Waals surface area (Å²) >= 11 is 0. The highest BCUT2D eigenvalue weighted by Gasteiger charge is 2.58. The molecule has 2 nitrogen and oxygen atoms in total. The minimum absolute atomic E-state index is 0.00589. The van der Waals surface area contributed by atoms with Gasteiger partial charge in [0.2, 0.25) is 0 Å². The van der Waals surface area contributed by atoms with Crippen molar-refractivity contribution in [2.75, 3.05) is 0 Å². The zero-order valence-corrected chi connectivity index (χ0v) is 17.3. The summed E-state index contributed by atoms with van der Waals surface area (Å²) in [5.41, 5.74) is 4.49. The first-order valence-corrected chi connectivity index (χ1v) is 9.34. The molecule has 0 spiro atoms. The summed E-state index contributed by atoms with van der Waals surface area (Å²) in [5, 5.41) is 0. The summed E-state index contributed by atoms with van der Waals surface area (Å²) in [6.45, 7) is 17.2. The van der Waals surface area contributed by atoms with Crippen LogP contribution >= 0.6 is 0 Å². The molecular weight excluding hydrogens is 320 g/mol. The van der Waals surface area contributed by atoms with E-state index in [0.717, 1.165) is 16.7 Å². The van der Waals surface area contributed by atoms with Crippen LogP contribution in [0.3, 0.4) is 0 Å². The van der Waals surface area contributed by atoms with Gasteiger partial charge in [-0.25, -0.2) is 0 Å². The highest BCUT2D eigenvalue weighted by molar-refractivity contribution is 5.96. The number of hydrogen-bond donors (Lipinski definition) is 0. The van der Waals surface area contributed by atoms with Crippen LogP contribution in [0.25, 0.3) is 0 Å². The molecule has 1 aliphatic rings. The number of carbonyl (C=O) groups is 1. The molecule has 2 heteroatoms. The summed E-state index contributed by atoms with van der Waals surface area (Å²) in [5.74, 6) is 0.526. The van der Waals surface area contributed by atoms with Crippen molar-refractivity contribution in [1.82, 2.24) is 0 Å². The molecule has 2 aromatic carbocycles. The molecule has 1 aliphatic heterocycles. The summed E-state index contributed by atoms with van der Waals surface area (Å²) < 4.78 is 5.83. The van der Waals surface area contributed by atoms with Crippen LogP contribution in [0.1, 0.15) is 69.4 Å². The molecule has 26 heavy (non-hydrogen) atoms. The van der Waals surface area contributed by atoms with Crippen molar-refractivity contribution in [1.29, 1.82) is 0 Å². The van der Waals surface area contributed by atoms with Crippen LogP contribution in [0.5, 0.6) is 5.75 Å². The fraction of sp³-hybridized carbons (Fsp3) is 0.458. The lowest BCUT2D eigenvalue weighted by Gasteiger charge is -2.41. The Morgan fingerprint density at radius 1 is 0.885 bits per heavy atom. The fourth-order valence-corrected chi connectivity index (χ4v) is 4.19. The highest BCUT2D eigenvalue weighted by atomic mass is 16.5. The molecule has 1 unspecified atom stereocenters. The molecule has 3 rings (SSSR count). The highest BCUT2D eigenvalue weighted by Crippen LogP contribution is 2.55. The van der Waals surface area contributed by atoms with Crippen molar-refractivity contribution in [2.24, 2.45) is 5.41 Å². The van der Waals surface area contributed by atoms with Crippen LogP contribution in [-0.2, 0) is 15.6 Å². The number of esters is 1. The molecule has 0 aromatic heterocycles. The fourth-order valence-electron chi connectivity index (χ4n) is 4.19. The Kier molecular flexibility index (Phi) is 4.10. The molecule has 1 heterocycles. The van der Waals surface area contributed by atoms with Crippen molar-refractivity contribution in [3.8, 4) is 5.75 Å². The lowest BCUT2D eigenvalue weighted by Crippen LogP contribution is -2.47. The van der Waals surface area contributed by atoms with E-state index in [4.69, 9.17) is 4.74 Å². The summed E-state index contributed by atoms with van der Waals surface area (Å²) in [7, 11) is 0. The lowest BCUT2D eigenvalue weighted by atomic mass is 9.58. The number of benzene rings is 2. The van der Waals surface area contributed by atoms with Gasteiger partial charge in [-0.1, -0.05) is 71.9 Å². The van der Waals surface area contributed by atoms with E-state index in [1.807, 2.05) is 12.1 Å². The normalized spacial score (nSPS) is 20.1. The van der Waals surface area contributed by atoms with Gasteiger partial charge >= 0.3 is 5.97 Å². The largest absolute Gasteiger partial charge is 0.425 e. The minimum atomic E-state index is -0.806. The summed E-state index contributed by atoms with van der Waals surface area (Å²) in [4.78, 5) is 13.4. The van der Waals surface area contributed by atoms with Gasteiger partial charge in [0.1, 0.15) is 11.2 Å². The van der Waals surface area contributed by atoms with E-state index in [2.05, 4.69) is 79.7 Å². The van der Waals surface area contributed by atoms with Crippen molar-refractivity contribution in [3.63, 3.8) is 0 Å². The maximum atomic E-state index is 13.4. The number of hydrogen-bond acceptors (Lipinski definition) is 2. The van der Waals surface area contributed by atoms with E-state index in [-0.39, 0.29) is 16.8 Å². The van der Waals surface area contributed by atoms with Crippen LogP contribution in [0.15, 0.2) is 36.4 Å². The van der Waals surface area contributed by atoms with E-state index >= 15 is 0 Å². The third kappa shape index (κ3) is 2.50. The zero-order chi connectivity index (χ0) is 19.5. The van der Waals surface area contributed by atoms with Crippen LogP contribution in [0.4, 0.5) is 0 Å². The Morgan fingerprint density at radius 2 is 1.54 bits per heavy atom. The zero-order valence-electron chi connectivity index (χ0n) is 17.3. The standard InChI is InChI=1S/C24H30O2/c1-15-10-9-11-18(16(15)2)24(23(6,7)8)19-14-17(22(3,4)5)12-13-20(19)26-21(24)25/h9-14H,1-8H3. The second-order valence-corrected chi connectivity index (χ2v) is 9.60. The van der Waals surface area contributed by atoms with Gasteiger partial charge in [0.25, 0.3) is 0 Å². The Hall–Kier alpha value is -2.09. The molecule has 138 valence electrons. The van der Waals surface area contributed by atoms with Crippen LogP contribution < -0.4 is 4.74 Å². The van der Waals surface area contributed by atoms with Crippen molar-refractivity contribution < 1.29 is 9.53 Å². The van der Waals surface area contributed by atoms with Gasteiger partial charge in [-0.3, -0.25) is 4.79 Å². The first kappa shape index (κ1) is 18.7. The molecule has 0 saturated carbocycles. The number of rotatable bonds is 1. The maximum absolute atomic E-state index is 13.4. The molecule has 0 radical (unpaired) electrons. The second-order valence-electron chi connectivity index (χ2n) is 9.60. The van der Waals surface area contributed by atoms with Crippen molar-refractivity contribution in [2.45, 2.75) is 66.2 Å². The number of fused-ring (bicyclic) bond motifs is 1. The molecule has 0 saturated heterocycles. The number of ether oxygens (including phenoxy) is 1. The average molecular weight is 351 g/mol. The molecule has 0 amide bonds. The maximum Gasteiger partial charge on any atom is 0.327 e. The number of aryl methyl sites for hydroxylation is 1. The van der Waals surface area contributed by atoms with Crippen LogP contribution in [-0.4, -0.2) is 5.97 Å². The summed E-state index contributed by atoms with van der Waals surface area (Å²) in [6, 6.07) is 12.5. The van der Waals surface area contributed by atoms with E-state index in [1.54, 1.807) is 0 Å². The van der Waals surface area contributed by atoms with E-state index in [9.17, 15) is 4.79 Å². The number of carbonyl (C=O) groups excluding carboxylic acids is 1. The molecule has 0 N–H and O–H groups in total. The predicted octanol–water partition coefficient (Wildman–Crippen LogP) is 5.85. The van der Waals surface area contributed by atoms with Crippen LogP contribution in [0, 0.1) is 19.3 Å². The van der Waals surface area contributed by atoms with Crippen molar-refractivity contribution in [3.05, 3.63) is 64.2 Å². The first-order valence-electron chi connectivity index (χ1n) is 9.34. The first-order chi connectivity index (χ1) is 11.9. The van der Waals surface area contributed by atoms with Gasteiger partial charge in [-0.05, 0) is 53.0 Å². The van der Waals surface area contributed by atoms with E-state index < -0.39 is 5.41 Å². The van der Waals surface area contributed by atoms with E-state index in [0.29, 0.717) is 5.75 Å². The Bertz CT molecular complexity index is 878. The molecule has 2 aromatic rings. The van der Waals surface area contributed by atoms with Gasteiger partial charge in [0, 0.05) is 5.56 Å². The third-order valence-electron chi connectivity index (χ3n) is 5.89. The van der Waals surface area contributed by atoms with E-state index in [1.165, 1.54) is 11.1 Å². The Morgan fingerprint density at radius 3 is 2.12 bits per heavy atom. The van der Waals surface area contributed by atoms with Crippen LogP contribution in [0.2, 0.25) is 0 Å². The predicted molar refractivity (Wildman–Crippen MR) is 107 cm³/mol. The average Bonchev–Trinajstić information content (AvgIpc) is 2.81. The molecule has 0 bridgehead atoms. The quantitative estimate of drug-likeness (QED) is 0.476. The second kappa shape index (κ2) is 5.70. The topological polar surface area (TPSA) is 26.3 Å². The monoisotopic (exact) mass is 350 g/mol. The van der Waals surface area contributed by atoms with Crippen molar-refractivity contribution >= 4 is 5.97 Å². The summed E-state index contributed by atoms with van der Waals surface area (Å²) in [6.07, 6.45) is 0. The minimum Gasteiger partial charge on any atom is -0.425 e. The SMILES string of the molecule is Cc1cccc(C2(C(C)(C)C)C(=O)Oc3ccc(C(C)(C)C)cc32)c1C.